The van der Waals surface area contributed by atoms with Crippen LogP contribution >= 0.6 is 0 Å². The predicted molar refractivity (Wildman–Crippen MR) is 64.2 cm³/mol. The molecule has 0 aliphatic carbocycles. The maximum absolute atomic E-state index is 8.81. The fourth-order valence-electron chi connectivity index (χ4n) is 1.90. The van der Waals surface area contributed by atoms with Gasteiger partial charge in [-0.25, -0.2) is 0 Å². The van der Waals surface area contributed by atoms with Crippen molar-refractivity contribution in [2.75, 3.05) is 34.0 Å². The summed E-state index contributed by atoms with van der Waals surface area (Å²) in [6, 6.07) is 2.86. The van der Waals surface area contributed by atoms with Crippen molar-refractivity contribution in [3.63, 3.8) is 0 Å². The van der Waals surface area contributed by atoms with Gasteiger partial charge in [0.25, 0.3) is 0 Å². The minimum Gasteiger partial charge on any atom is -0.383 e. The van der Waals surface area contributed by atoms with Gasteiger partial charge in [0.2, 0.25) is 0 Å². The van der Waals surface area contributed by atoms with E-state index in [4.69, 9.17) is 14.7 Å². The lowest BCUT2D eigenvalue weighted by Gasteiger charge is -2.34. The number of nitriles is 1. The fraction of sp³-hybridized carbons (Fsp3) is 0.917. The Morgan fingerprint density at radius 1 is 1.31 bits per heavy atom. The van der Waals surface area contributed by atoms with Gasteiger partial charge in [-0.2, -0.15) is 5.26 Å². The molecule has 0 aromatic rings. The molecule has 16 heavy (non-hydrogen) atoms. The predicted octanol–water partition coefficient (Wildman–Crippen LogP) is 1.66. The molecule has 0 aliphatic heterocycles. The van der Waals surface area contributed by atoms with E-state index in [0.717, 1.165) is 13.0 Å². The highest BCUT2D eigenvalue weighted by Gasteiger charge is 2.21. The van der Waals surface area contributed by atoms with E-state index in [9.17, 15) is 0 Å². The number of methoxy groups -OCH3 is 2. The quantitative estimate of drug-likeness (QED) is 0.602. The van der Waals surface area contributed by atoms with E-state index in [0.29, 0.717) is 31.7 Å². The van der Waals surface area contributed by atoms with E-state index in [1.54, 1.807) is 14.2 Å². The Kier molecular flexibility index (Phi) is 9.21. The highest BCUT2D eigenvalue weighted by Crippen LogP contribution is 2.12. The van der Waals surface area contributed by atoms with Crippen LogP contribution < -0.4 is 0 Å². The Morgan fingerprint density at radius 2 is 2.00 bits per heavy atom. The molecule has 2 atom stereocenters. The first-order valence-electron chi connectivity index (χ1n) is 5.81. The van der Waals surface area contributed by atoms with E-state index in [-0.39, 0.29) is 0 Å². The topological polar surface area (TPSA) is 45.5 Å². The maximum atomic E-state index is 8.81. The van der Waals surface area contributed by atoms with Crippen LogP contribution in [-0.4, -0.2) is 51.0 Å². The average molecular weight is 228 g/mol. The van der Waals surface area contributed by atoms with Gasteiger partial charge in [-0.15, -0.1) is 0 Å². The van der Waals surface area contributed by atoms with Crippen LogP contribution in [-0.2, 0) is 9.47 Å². The monoisotopic (exact) mass is 228 g/mol. The highest BCUT2D eigenvalue weighted by atomic mass is 16.5. The Hall–Kier alpha value is -0.630. The standard InChI is InChI=1S/C12H24N2O2/c1-5-12(6-7-13)14(8-9-15-3)11(2)10-16-4/h11-12H,5-6,8-10H2,1-4H3. The summed E-state index contributed by atoms with van der Waals surface area (Å²) in [5.41, 5.74) is 0. The molecule has 0 bridgehead atoms. The third-order valence-corrected chi connectivity index (χ3v) is 2.79. The van der Waals surface area contributed by atoms with Crippen molar-refractivity contribution in [2.45, 2.75) is 38.8 Å². The van der Waals surface area contributed by atoms with E-state index in [1.165, 1.54) is 0 Å². The molecule has 4 heteroatoms. The average Bonchev–Trinajstić information content (AvgIpc) is 2.28. The van der Waals surface area contributed by atoms with Crippen LogP contribution in [0.15, 0.2) is 0 Å². The van der Waals surface area contributed by atoms with Crippen molar-refractivity contribution in [3.05, 3.63) is 0 Å². The molecule has 0 heterocycles. The summed E-state index contributed by atoms with van der Waals surface area (Å²) >= 11 is 0. The second kappa shape index (κ2) is 9.59. The Bertz CT molecular complexity index is 204. The molecule has 0 rings (SSSR count). The van der Waals surface area contributed by atoms with E-state index in [1.807, 2.05) is 0 Å². The summed E-state index contributed by atoms with van der Waals surface area (Å²) in [6.45, 7) is 6.46. The molecule has 4 nitrogen and oxygen atoms in total. The lowest BCUT2D eigenvalue weighted by atomic mass is 10.1. The molecule has 0 saturated heterocycles. The minimum atomic E-state index is 0.297. The summed E-state index contributed by atoms with van der Waals surface area (Å²) in [5, 5.41) is 8.81. The zero-order valence-corrected chi connectivity index (χ0v) is 10.9. The first-order valence-corrected chi connectivity index (χ1v) is 5.81. The van der Waals surface area contributed by atoms with Crippen molar-refractivity contribution in [2.24, 2.45) is 0 Å². The zero-order valence-electron chi connectivity index (χ0n) is 10.9. The van der Waals surface area contributed by atoms with Gasteiger partial charge in [0.15, 0.2) is 0 Å². The lowest BCUT2D eigenvalue weighted by Crippen LogP contribution is -2.45. The van der Waals surface area contributed by atoms with Crippen LogP contribution in [0.25, 0.3) is 0 Å². The molecule has 2 unspecified atom stereocenters. The first kappa shape index (κ1) is 15.4. The molecule has 0 aromatic carbocycles. The Labute approximate surface area is 99.1 Å². The summed E-state index contributed by atoms with van der Waals surface area (Å²) in [6.07, 6.45) is 1.54. The molecular weight excluding hydrogens is 204 g/mol. The molecule has 0 N–H and O–H groups in total. The molecule has 94 valence electrons. The number of ether oxygens (including phenoxy) is 2. The van der Waals surface area contributed by atoms with Gasteiger partial charge < -0.3 is 9.47 Å². The first-order chi connectivity index (χ1) is 7.71. The molecule has 0 aliphatic rings. The second-order valence-electron chi connectivity index (χ2n) is 3.96. The molecule has 0 spiro atoms. The smallest absolute Gasteiger partial charge is 0.0638 e. The molecule has 0 saturated carbocycles. The Morgan fingerprint density at radius 3 is 2.44 bits per heavy atom. The Balaban J connectivity index is 4.42. The summed E-state index contributed by atoms with van der Waals surface area (Å²) in [4.78, 5) is 2.30. The molecular formula is C12H24N2O2. The molecule has 0 aromatic heterocycles. The number of nitrogens with zero attached hydrogens (tertiary/aromatic N) is 2. The third kappa shape index (κ3) is 5.45. The summed E-state index contributed by atoms with van der Waals surface area (Å²) in [5.74, 6) is 0. The van der Waals surface area contributed by atoms with E-state index in [2.05, 4.69) is 24.8 Å². The van der Waals surface area contributed by atoms with Gasteiger partial charge in [-0.1, -0.05) is 6.92 Å². The van der Waals surface area contributed by atoms with Gasteiger partial charge >= 0.3 is 0 Å². The largest absolute Gasteiger partial charge is 0.383 e. The van der Waals surface area contributed by atoms with Gasteiger partial charge in [-0.3, -0.25) is 4.90 Å². The van der Waals surface area contributed by atoms with Crippen molar-refractivity contribution >= 4 is 0 Å². The van der Waals surface area contributed by atoms with Gasteiger partial charge in [0.1, 0.15) is 0 Å². The van der Waals surface area contributed by atoms with Crippen molar-refractivity contribution in [3.8, 4) is 6.07 Å². The second-order valence-corrected chi connectivity index (χ2v) is 3.96. The van der Waals surface area contributed by atoms with Crippen molar-refractivity contribution in [1.29, 1.82) is 5.26 Å². The van der Waals surface area contributed by atoms with Gasteiger partial charge in [0, 0.05) is 32.8 Å². The van der Waals surface area contributed by atoms with Gasteiger partial charge in [0.05, 0.1) is 25.7 Å². The number of rotatable bonds is 9. The normalized spacial score (nSPS) is 14.8. The minimum absolute atomic E-state index is 0.297. The van der Waals surface area contributed by atoms with Crippen molar-refractivity contribution < 1.29 is 9.47 Å². The SMILES string of the molecule is CCC(CC#N)N(CCOC)C(C)COC. The fourth-order valence-corrected chi connectivity index (χ4v) is 1.90. The van der Waals surface area contributed by atoms with Crippen LogP contribution in [0, 0.1) is 11.3 Å². The highest BCUT2D eigenvalue weighted by molar-refractivity contribution is 4.84. The molecule has 0 fully saturated rings. The van der Waals surface area contributed by atoms with Gasteiger partial charge in [-0.05, 0) is 13.3 Å². The number of hydrogen-bond acceptors (Lipinski definition) is 4. The maximum Gasteiger partial charge on any atom is 0.0638 e. The third-order valence-electron chi connectivity index (χ3n) is 2.79. The van der Waals surface area contributed by atoms with Crippen LogP contribution in [0.1, 0.15) is 26.7 Å². The van der Waals surface area contributed by atoms with E-state index >= 15 is 0 Å². The van der Waals surface area contributed by atoms with Crippen LogP contribution in [0.2, 0.25) is 0 Å². The zero-order chi connectivity index (χ0) is 12.4. The number of hydrogen-bond donors (Lipinski definition) is 0. The van der Waals surface area contributed by atoms with Crippen molar-refractivity contribution in [1.82, 2.24) is 4.90 Å². The molecule has 0 radical (unpaired) electrons. The van der Waals surface area contributed by atoms with Crippen LogP contribution in [0.3, 0.4) is 0 Å². The summed E-state index contributed by atoms with van der Waals surface area (Å²) in [7, 11) is 3.40. The van der Waals surface area contributed by atoms with E-state index < -0.39 is 0 Å². The van der Waals surface area contributed by atoms with Crippen LogP contribution in [0.5, 0.6) is 0 Å². The van der Waals surface area contributed by atoms with Crippen LogP contribution in [0.4, 0.5) is 0 Å². The summed E-state index contributed by atoms with van der Waals surface area (Å²) < 4.78 is 10.3. The lowest BCUT2D eigenvalue weighted by molar-refractivity contribution is 0.0468. The molecule has 0 amide bonds.